The highest BCUT2D eigenvalue weighted by molar-refractivity contribution is 5.84. The van der Waals surface area contributed by atoms with Gasteiger partial charge >= 0.3 is 6.03 Å². The number of aliphatic hydroxyl groups excluding tert-OH is 1. The lowest BCUT2D eigenvalue weighted by Crippen LogP contribution is -2.42. The second-order valence-electron chi connectivity index (χ2n) is 6.23. The number of hydrogen-bond donors (Lipinski definition) is 2. The van der Waals surface area contributed by atoms with Crippen LogP contribution in [0, 0.1) is 5.92 Å². The second kappa shape index (κ2) is 7.97. The number of benzene rings is 1. The number of amides is 3. The highest BCUT2D eigenvalue weighted by Gasteiger charge is 2.26. The monoisotopic (exact) mass is 319 g/mol. The Labute approximate surface area is 137 Å². The van der Waals surface area contributed by atoms with Crippen molar-refractivity contribution in [1.29, 1.82) is 0 Å². The maximum Gasteiger partial charge on any atom is 0.317 e. The van der Waals surface area contributed by atoms with Gasteiger partial charge in [0.1, 0.15) is 0 Å². The molecule has 6 heteroatoms. The number of nitrogens with one attached hydrogen (secondary N) is 1. The number of urea groups is 1. The molecular formula is C17H25N3O3. The van der Waals surface area contributed by atoms with Gasteiger partial charge in [-0.2, -0.15) is 0 Å². The standard InChI is InChI=1S/C17H25N3O3/c1-19(2)17(23)18-10-16(22)20-7-6-14(11-20)8-13-4-3-5-15(9-13)12-21/h3-5,9,14,21H,6-8,10-12H2,1-2H3,(H,18,23). The molecule has 1 saturated heterocycles. The lowest BCUT2D eigenvalue weighted by Gasteiger charge is -2.18. The van der Waals surface area contributed by atoms with Gasteiger partial charge in [-0.25, -0.2) is 4.79 Å². The van der Waals surface area contributed by atoms with Gasteiger partial charge < -0.3 is 20.2 Å². The summed E-state index contributed by atoms with van der Waals surface area (Å²) in [6.45, 7) is 1.56. The fourth-order valence-corrected chi connectivity index (χ4v) is 2.84. The van der Waals surface area contributed by atoms with Gasteiger partial charge in [-0.15, -0.1) is 0 Å². The minimum Gasteiger partial charge on any atom is -0.392 e. The van der Waals surface area contributed by atoms with E-state index in [1.807, 2.05) is 23.1 Å². The van der Waals surface area contributed by atoms with Crippen molar-refractivity contribution in [3.63, 3.8) is 0 Å². The fourth-order valence-electron chi connectivity index (χ4n) is 2.84. The highest BCUT2D eigenvalue weighted by Crippen LogP contribution is 2.21. The summed E-state index contributed by atoms with van der Waals surface area (Å²) in [7, 11) is 3.29. The number of hydrogen-bond acceptors (Lipinski definition) is 3. The highest BCUT2D eigenvalue weighted by atomic mass is 16.3. The van der Waals surface area contributed by atoms with Crippen LogP contribution >= 0.6 is 0 Å². The molecule has 0 bridgehead atoms. The van der Waals surface area contributed by atoms with Gasteiger partial charge in [-0.3, -0.25) is 4.79 Å². The molecule has 1 heterocycles. The molecule has 126 valence electrons. The van der Waals surface area contributed by atoms with Crippen molar-refractivity contribution in [2.24, 2.45) is 5.92 Å². The number of rotatable bonds is 5. The van der Waals surface area contributed by atoms with E-state index in [0.717, 1.165) is 31.5 Å². The molecule has 1 aromatic rings. The number of nitrogens with zero attached hydrogens (tertiary/aromatic N) is 2. The number of likely N-dealkylation sites (tertiary alicyclic amines) is 1. The van der Waals surface area contributed by atoms with Crippen LogP contribution in [0.5, 0.6) is 0 Å². The summed E-state index contributed by atoms with van der Waals surface area (Å²) in [5.74, 6) is 0.393. The normalized spacial score (nSPS) is 17.2. The Kier molecular flexibility index (Phi) is 5.98. The number of aliphatic hydroxyl groups is 1. The first-order valence-electron chi connectivity index (χ1n) is 7.91. The Balaban J connectivity index is 1.81. The summed E-state index contributed by atoms with van der Waals surface area (Å²) < 4.78 is 0. The first-order valence-corrected chi connectivity index (χ1v) is 7.91. The van der Waals surface area contributed by atoms with E-state index in [4.69, 9.17) is 0 Å². The summed E-state index contributed by atoms with van der Waals surface area (Å²) in [5, 5.41) is 11.8. The van der Waals surface area contributed by atoms with E-state index in [1.165, 1.54) is 10.5 Å². The molecule has 0 saturated carbocycles. The summed E-state index contributed by atoms with van der Waals surface area (Å²) in [4.78, 5) is 26.8. The van der Waals surface area contributed by atoms with Crippen LogP contribution in [-0.4, -0.2) is 60.6 Å². The molecule has 0 radical (unpaired) electrons. The molecule has 1 aliphatic rings. The first kappa shape index (κ1) is 17.3. The SMILES string of the molecule is CN(C)C(=O)NCC(=O)N1CCC(Cc2cccc(CO)c2)C1. The number of carbonyl (C=O) groups excluding carboxylic acids is 2. The Bertz CT molecular complexity index is 560. The van der Waals surface area contributed by atoms with Crippen molar-refractivity contribution >= 4 is 11.9 Å². The van der Waals surface area contributed by atoms with Crippen molar-refractivity contribution in [2.45, 2.75) is 19.4 Å². The van der Waals surface area contributed by atoms with Crippen LogP contribution in [0.3, 0.4) is 0 Å². The molecule has 1 aromatic carbocycles. The predicted molar refractivity (Wildman–Crippen MR) is 87.8 cm³/mol. The van der Waals surface area contributed by atoms with Crippen molar-refractivity contribution in [1.82, 2.24) is 15.1 Å². The molecule has 23 heavy (non-hydrogen) atoms. The summed E-state index contributed by atoms with van der Waals surface area (Å²) in [6.07, 6.45) is 1.87. The van der Waals surface area contributed by atoms with Gasteiger partial charge in [0.05, 0.1) is 13.2 Å². The minimum absolute atomic E-state index is 0.0354. The third kappa shape index (κ3) is 4.96. The van der Waals surface area contributed by atoms with Crippen LogP contribution in [0.25, 0.3) is 0 Å². The van der Waals surface area contributed by atoms with Crippen molar-refractivity contribution in [3.05, 3.63) is 35.4 Å². The average molecular weight is 319 g/mol. The quantitative estimate of drug-likeness (QED) is 0.845. The van der Waals surface area contributed by atoms with Gasteiger partial charge in [-0.1, -0.05) is 24.3 Å². The Hall–Kier alpha value is -2.08. The molecular weight excluding hydrogens is 294 g/mol. The van der Waals surface area contributed by atoms with E-state index in [0.29, 0.717) is 5.92 Å². The van der Waals surface area contributed by atoms with Crippen LogP contribution in [0.1, 0.15) is 17.5 Å². The van der Waals surface area contributed by atoms with Gasteiger partial charge in [0.2, 0.25) is 5.91 Å². The summed E-state index contributed by atoms with van der Waals surface area (Å²) >= 11 is 0. The summed E-state index contributed by atoms with van der Waals surface area (Å²) in [5.41, 5.74) is 2.11. The van der Waals surface area contributed by atoms with Crippen LogP contribution in [0.4, 0.5) is 4.79 Å². The minimum atomic E-state index is -0.255. The molecule has 0 aromatic heterocycles. The zero-order chi connectivity index (χ0) is 16.8. The molecule has 3 amide bonds. The zero-order valence-electron chi connectivity index (χ0n) is 13.8. The smallest absolute Gasteiger partial charge is 0.317 e. The topological polar surface area (TPSA) is 72.9 Å². The maximum atomic E-state index is 12.1. The molecule has 2 rings (SSSR count). The van der Waals surface area contributed by atoms with Gasteiger partial charge in [0.15, 0.2) is 0 Å². The molecule has 0 aliphatic carbocycles. The van der Waals surface area contributed by atoms with E-state index in [9.17, 15) is 14.7 Å². The predicted octanol–water partition coefficient (Wildman–Crippen LogP) is 0.841. The van der Waals surface area contributed by atoms with Crippen molar-refractivity contribution < 1.29 is 14.7 Å². The van der Waals surface area contributed by atoms with Crippen LogP contribution in [-0.2, 0) is 17.8 Å². The zero-order valence-corrected chi connectivity index (χ0v) is 13.8. The van der Waals surface area contributed by atoms with Gasteiger partial charge in [0.25, 0.3) is 0 Å². The van der Waals surface area contributed by atoms with Crippen molar-refractivity contribution in [3.8, 4) is 0 Å². The molecule has 1 atom stereocenters. The first-order chi connectivity index (χ1) is 11.0. The van der Waals surface area contributed by atoms with Crippen LogP contribution in [0.15, 0.2) is 24.3 Å². The van der Waals surface area contributed by atoms with Crippen LogP contribution in [0.2, 0.25) is 0 Å². The van der Waals surface area contributed by atoms with E-state index >= 15 is 0 Å². The molecule has 1 fully saturated rings. The van der Waals surface area contributed by atoms with Crippen LogP contribution < -0.4 is 5.32 Å². The molecule has 0 spiro atoms. The van der Waals surface area contributed by atoms with Gasteiger partial charge in [0, 0.05) is 27.2 Å². The Morgan fingerprint density at radius 3 is 2.78 bits per heavy atom. The van der Waals surface area contributed by atoms with E-state index in [2.05, 4.69) is 11.4 Å². The Morgan fingerprint density at radius 2 is 2.09 bits per heavy atom. The molecule has 1 unspecified atom stereocenters. The van der Waals surface area contributed by atoms with E-state index < -0.39 is 0 Å². The van der Waals surface area contributed by atoms with Gasteiger partial charge in [-0.05, 0) is 29.9 Å². The third-order valence-corrected chi connectivity index (χ3v) is 4.13. The lowest BCUT2D eigenvalue weighted by atomic mass is 9.97. The van der Waals surface area contributed by atoms with E-state index in [-0.39, 0.29) is 25.1 Å². The third-order valence-electron chi connectivity index (χ3n) is 4.13. The van der Waals surface area contributed by atoms with E-state index in [1.54, 1.807) is 14.1 Å². The van der Waals surface area contributed by atoms with Crippen molar-refractivity contribution in [2.75, 3.05) is 33.7 Å². The summed E-state index contributed by atoms with van der Waals surface area (Å²) in [6, 6.07) is 7.68. The molecule has 2 N–H and O–H groups in total. The lowest BCUT2D eigenvalue weighted by molar-refractivity contribution is -0.129. The largest absolute Gasteiger partial charge is 0.392 e. The number of carbonyl (C=O) groups is 2. The maximum absolute atomic E-state index is 12.1. The Morgan fingerprint density at radius 1 is 1.35 bits per heavy atom. The second-order valence-corrected chi connectivity index (χ2v) is 6.23. The molecule has 6 nitrogen and oxygen atoms in total. The molecule has 1 aliphatic heterocycles. The average Bonchev–Trinajstić information content (AvgIpc) is 3.00. The fraction of sp³-hybridized carbons (Fsp3) is 0.529.